The lowest BCUT2D eigenvalue weighted by Crippen LogP contribution is -2.60. The fourth-order valence-electron chi connectivity index (χ4n) is 3.44. The standard InChI is InChI=1S/C26H38N2O9/c1-7-33-26(32)34-13-20-21(29)22(30)23(31)25(36-20)37-24-19(16(6)28(27-24)14(2)3)12-17-8-10-18(11-9-17)35-15(4)5/h8-11,14-15,20-23,25,29-31H,7,12-13H2,1-6H3/t20-,21-,22+,23-,25+/m1/s1/i2D3,3D3,4D3,5D3,6D3,14D. The Balaban J connectivity index is 2.19. The van der Waals surface area contributed by atoms with E-state index in [1.807, 2.05) is 0 Å². The predicted octanol–water partition coefficient (Wildman–Crippen LogP) is 2.51. The molecule has 1 saturated heterocycles. The van der Waals surface area contributed by atoms with Gasteiger partial charge in [0.05, 0.1) is 14.1 Å². The van der Waals surface area contributed by atoms with Gasteiger partial charge in [0.15, 0.2) is 0 Å². The van der Waals surface area contributed by atoms with Crippen LogP contribution < -0.4 is 9.47 Å². The number of carbonyl (C=O) groups excluding carboxylic acids is 1. The Morgan fingerprint density at radius 2 is 1.89 bits per heavy atom. The molecule has 1 fully saturated rings. The van der Waals surface area contributed by atoms with E-state index in [-0.39, 0.29) is 22.6 Å². The Morgan fingerprint density at radius 1 is 1.14 bits per heavy atom. The molecule has 5 atom stereocenters. The number of carbonyl (C=O) groups is 1. The van der Waals surface area contributed by atoms with Crippen LogP contribution in [0.25, 0.3) is 0 Å². The molecule has 0 bridgehead atoms. The van der Waals surface area contributed by atoms with Crippen molar-refractivity contribution in [3.8, 4) is 11.6 Å². The zero-order valence-corrected chi connectivity index (χ0v) is 19.6. The van der Waals surface area contributed by atoms with Crippen molar-refractivity contribution in [2.45, 2.75) is 90.4 Å². The molecule has 3 N–H and O–H groups in total. The summed E-state index contributed by atoms with van der Waals surface area (Å²) >= 11 is 0. The Kier molecular flexibility index (Phi) is 4.69. The van der Waals surface area contributed by atoms with E-state index in [1.165, 1.54) is 19.1 Å². The third-order valence-corrected chi connectivity index (χ3v) is 5.24. The van der Waals surface area contributed by atoms with Gasteiger partial charge >= 0.3 is 6.16 Å². The van der Waals surface area contributed by atoms with Gasteiger partial charge in [0.1, 0.15) is 36.8 Å². The quantitative estimate of drug-likeness (QED) is 0.386. The highest BCUT2D eigenvalue weighted by molar-refractivity contribution is 5.59. The lowest BCUT2D eigenvalue weighted by Gasteiger charge is -2.39. The average molecular weight is 539 g/mol. The maximum absolute atomic E-state index is 11.7. The molecule has 11 heteroatoms. The van der Waals surface area contributed by atoms with Gasteiger partial charge < -0.3 is 39.0 Å². The summed E-state index contributed by atoms with van der Waals surface area (Å²) in [4.78, 5) is 11.7. The molecule has 1 aromatic carbocycles. The molecule has 37 heavy (non-hydrogen) atoms. The Labute approximate surface area is 239 Å². The molecule has 0 aliphatic carbocycles. The third-order valence-electron chi connectivity index (χ3n) is 5.24. The van der Waals surface area contributed by atoms with Gasteiger partial charge in [-0.2, -0.15) is 0 Å². The van der Waals surface area contributed by atoms with Crippen LogP contribution in [0.4, 0.5) is 4.79 Å². The summed E-state index contributed by atoms with van der Waals surface area (Å²) < 4.78 is 152. The highest BCUT2D eigenvalue weighted by Crippen LogP contribution is 2.31. The zero-order chi connectivity index (χ0) is 40.7. The monoisotopic (exact) mass is 538 g/mol. The summed E-state index contributed by atoms with van der Waals surface area (Å²) in [5.41, 5.74) is -1.55. The van der Waals surface area contributed by atoms with Crippen LogP contribution in [0.5, 0.6) is 11.6 Å². The molecule has 1 aliphatic rings. The number of hydrogen-bond donors (Lipinski definition) is 3. The van der Waals surface area contributed by atoms with Crippen molar-refractivity contribution < 1.29 is 65.7 Å². The molecule has 0 spiro atoms. The van der Waals surface area contributed by atoms with E-state index in [2.05, 4.69) is 9.84 Å². The number of ether oxygens (including phenoxy) is 5. The Morgan fingerprint density at radius 3 is 2.54 bits per heavy atom. The van der Waals surface area contributed by atoms with Crippen LogP contribution in [-0.2, 0) is 20.6 Å². The lowest BCUT2D eigenvalue weighted by molar-refractivity contribution is -0.278. The van der Waals surface area contributed by atoms with E-state index in [0.29, 0.717) is 0 Å². The van der Waals surface area contributed by atoms with Gasteiger partial charge in [-0.05, 0) is 58.9 Å². The molecule has 206 valence electrons. The van der Waals surface area contributed by atoms with Gasteiger partial charge in [-0.25, -0.2) is 4.79 Å². The van der Waals surface area contributed by atoms with Crippen molar-refractivity contribution in [2.24, 2.45) is 0 Å². The first-order valence-corrected chi connectivity index (χ1v) is 11.0. The van der Waals surface area contributed by atoms with E-state index in [9.17, 15) is 20.1 Å². The van der Waals surface area contributed by atoms with Gasteiger partial charge in [0.2, 0.25) is 12.2 Å². The van der Waals surface area contributed by atoms with E-state index >= 15 is 0 Å². The smallest absolute Gasteiger partial charge is 0.491 e. The second kappa shape index (κ2) is 12.6. The van der Waals surface area contributed by atoms with Gasteiger partial charge in [-0.15, -0.1) is 5.10 Å². The second-order valence-corrected chi connectivity index (χ2v) is 7.84. The number of aromatic nitrogens is 2. The van der Waals surface area contributed by atoms with E-state index in [4.69, 9.17) is 40.9 Å². The van der Waals surface area contributed by atoms with Crippen LogP contribution in [-0.4, -0.2) is 81.3 Å². The van der Waals surface area contributed by atoms with Crippen molar-refractivity contribution in [3.05, 3.63) is 41.1 Å². The molecule has 3 rings (SSSR count). The van der Waals surface area contributed by atoms with Gasteiger partial charge in [-0.1, -0.05) is 12.1 Å². The van der Waals surface area contributed by atoms with Crippen molar-refractivity contribution in [1.82, 2.24) is 9.78 Å². The molecule has 1 aromatic heterocycles. The second-order valence-electron chi connectivity index (χ2n) is 7.84. The summed E-state index contributed by atoms with van der Waals surface area (Å²) in [6, 6.07) is 0.964. The summed E-state index contributed by atoms with van der Waals surface area (Å²) in [7, 11) is 0. The SMILES string of the molecule is [2H]C([2H])([2H])c1c(Cc2ccc(OC(C([2H])([2H])[2H])C([2H])([2H])[2H])cc2)c(O[C@@H]2O[C@H](COC(=O)OCC)[C@@H](O)[C@H](O)[C@H]2O)nn1C([2H])(C([2H])([2H])[2H])C([2H])([2H])[2H]. The highest BCUT2D eigenvalue weighted by atomic mass is 16.7. The molecule has 0 unspecified atom stereocenters. The van der Waals surface area contributed by atoms with Gasteiger partial charge in [0.25, 0.3) is 0 Å². The summed E-state index contributed by atoms with van der Waals surface area (Å²) in [6.45, 7) is -16.4. The minimum atomic E-state index is -3.77. The maximum Gasteiger partial charge on any atom is 0.508 e. The fraction of sp³-hybridized carbons (Fsp3) is 0.615. The summed E-state index contributed by atoms with van der Waals surface area (Å²) in [5.74, 6) is -1.13. The van der Waals surface area contributed by atoms with Crippen LogP contribution >= 0.6 is 0 Å². The first-order chi connectivity index (χ1) is 23.9. The van der Waals surface area contributed by atoms with Crippen molar-refractivity contribution in [2.75, 3.05) is 13.2 Å². The fourth-order valence-corrected chi connectivity index (χ4v) is 3.44. The topological polar surface area (TPSA) is 142 Å². The van der Waals surface area contributed by atoms with Crippen LogP contribution in [0.15, 0.2) is 24.3 Å². The van der Waals surface area contributed by atoms with Gasteiger partial charge in [-0.3, -0.25) is 4.68 Å². The zero-order valence-electron chi connectivity index (χ0n) is 35.6. The van der Waals surface area contributed by atoms with E-state index < -0.39 is 113 Å². The number of nitrogens with zero attached hydrogens (tertiary/aromatic N) is 2. The number of benzene rings is 1. The molecular formula is C26H38N2O9. The number of hydrogen-bond acceptors (Lipinski definition) is 10. The summed E-state index contributed by atoms with van der Waals surface area (Å²) in [6.07, 6.45) is -13.8. The Bertz CT molecular complexity index is 1530. The number of aliphatic hydroxyl groups is 3. The third kappa shape index (κ3) is 7.13. The molecule has 2 heterocycles. The minimum absolute atomic E-state index is 0.0543. The van der Waals surface area contributed by atoms with Crippen LogP contribution in [0, 0.1) is 6.85 Å². The number of rotatable bonds is 10. The molecule has 1 aliphatic heterocycles. The van der Waals surface area contributed by atoms with Crippen molar-refractivity contribution >= 4 is 6.16 Å². The first-order valence-electron chi connectivity index (χ1n) is 19.0. The molecule has 0 radical (unpaired) electrons. The predicted molar refractivity (Wildman–Crippen MR) is 133 cm³/mol. The van der Waals surface area contributed by atoms with Crippen LogP contribution in [0.1, 0.15) is 79.1 Å². The normalized spacial score (nSPS) is 32.2. The van der Waals surface area contributed by atoms with Crippen molar-refractivity contribution in [3.63, 3.8) is 0 Å². The molecule has 0 amide bonds. The molecule has 0 saturated carbocycles. The van der Waals surface area contributed by atoms with E-state index in [0.717, 1.165) is 12.1 Å². The average Bonchev–Trinajstić information content (AvgIpc) is 3.35. The van der Waals surface area contributed by atoms with E-state index in [1.54, 1.807) is 0 Å². The van der Waals surface area contributed by atoms with Crippen molar-refractivity contribution in [1.29, 1.82) is 0 Å². The Hall–Kier alpha value is -2.86. The lowest BCUT2D eigenvalue weighted by atomic mass is 9.99. The largest absolute Gasteiger partial charge is 0.508 e. The van der Waals surface area contributed by atoms with Crippen LogP contribution in [0.3, 0.4) is 0 Å². The van der Waals surface area contributed by atoms with Gasteiger partial charge in [0, 0.05) is 44.3 Å². The molecular weight excluding hydrogens is 484 g/mol. The molecule has 2 aromatic rings. The maximum atomic E-state index is 11.7. The number of aliphatic hydroxyl groups excluding tert-OH is 3. The minimum Gasteiger partial charge on any atom is -0.491 e. The van der Waals surface area contributed by atoms with Crippen LogP contribution in [0.2, 0.25) is 0 Å². The summed E-state index contributed by atoms with van der Waals surface area (Å²) in [5, 5.41) is 35.6. The first kappa shape index (κ1) is 13.8. The molecule has 11 nitrogen and oxygen atoms in total. The highest BCUT2D eigenvalue weighted by Gasteiger charge is 2.46.